The van der Waals surface area contributed by atoms with Gasteiger partial charge in [0.25, 0.3) is 11.6 Å². The van der Waals surface area contributed by atoms with E-state index in [-0.39, 0.29) is 17.3 Å². The van der Waals surface area contributed by atoms with Gasteiger partial charge in [0.2, 0.25) is 0 Å². The minimum absolute atomic E-state index is 0.125. The summed E-state index contributed by atoms with van der Waals surface area (Å²) in [6.45, 7) is 5.94. The number of amides is 1. The van der Waals surface area contributed by atoms with Crippen molar-refractivity contribution in [3.8, 4) is 0 Å². The summed E-state index contributed by atoms with van der Waals surface area (Å²) >= 11 is 0. The van der Waals surface area contributed by atoms with Gasteiger partial charge >= 0.3 is 0 Å². The number of hydrogen-bond acceptors (Lipinski definition) is 3. The Hall–Kier alpha value is -1.98. The van der Waals surface area contributed by atoms with Crippen LogP contribution >= 0.6 is 0 Å². The summed E-state index contributed by atoms with van der Waals surface area (Å²) in [5.41, 5.74) is -0.634. The molecule has 0 saturated heterocycles. The highest BCUT2D eigenvalue weighted by Gasteiger charge is 2.22. The lowest BCUT2D eigenvalue weighted by Crippen LogP contribution is -2.34. The average Bonchev–Trinajstić information content (AvgIpc) is 2.37. The summed E-state index contributed by atoms with van der Waals surface area (Å²) in [5.74, 6) is -0.852. The molecular weight excluding hydrogens is 263 g/mol. The third kappa shape index (κ3) is 4.29. The Morgan fingerprint density at radius 3 is 2.65 bits per heavy atom. The van der Waals surface area contributed by atoms with Crippen LogP contribution in [0.15, 0.2) is 18.2 Å². The molecule has 20 heavy (non-hydrogen) atoms. The highest BCUT2D eigenvalue weighted by atomic mass is 19.1. The number of carbonyl (C=O) groups excluding carboxylic acids is 1. The smallest absolute Gasteiger partial charge is 0.282 e. The van der Waals surface area contributed by atoms with Crippen molar-refractivity contribution in [1.82, 2.24) is 5.32 Å². The van der Waals surface area contributed by atoms with Crippen molar-refractivity contribution in [3.63, 3.8) is 0 Å². The zero-order valence-corrected chi connectivity index (χ0v) is 11.9. The maximum atomic E-state index is 13.2. The number of carbonyl (C=O) groups is 1. The van der Waals surface area contributed by atoms with Gasteiger partial charge < -0.3 is 5.32 Å². The first kappa shape index (κ1) is 16.1. The van der Waals surface area contributed by atoms with Crippen molar-refractivity contribution in [2.75, 3.05) is 0 Å². The molecule has 1 rings (SSSR count). The van der Waals surface area contributed by atoms with Crippen LogP contribution in [0.5, 0.6) is 0 Å². The largest absolute Gasteiger partial charge is 0.349 e. The Bertz CT molecular complexity index is 505. The minimum Gasteiger partial charge on any atom is -0.349 e. The fourth-order valence-electron chi connectivity index (χ4n) is 1.98. The van der Waals surface area contributed by atoms with E-state index < -0.39 is 16.6 Å². The Kier molecular flexibility index (Phi) is 5.61. The van der Waals surface area contributed by atoms with Crippen molar-refractivity contribution in [3.05, 3.63) is 39.7 Å². The molecular formula is C14H19FN2O3. The number of nitrogens with zero attached hydrogens (tertiary/aromatic N) is 1. The van der Waals surface area contributed by atoms with Crippen LogP contribution in [-0.4, -0.2) is 16.9 Å². The molecule has 1 amide bonds. The second kappa shape index (κ2) is 6.98. The number of hydrogen-bond donors (Lipinski definition) is 1. The van der Waals surface area contributed by atoms with E-state index in [1.54, 1.807) is 0 Å². The minimum atomic E-state index is -0.687. The molecule has 5 nitrogen and oxygen atoms in total. The molecule has 2 unspecified atom stereocenters. The van der Waals surface area contributed by atoms with Crippen molar-refractivity contribution >= 4 is 11.6 Å². The van der Waals surface area contributed by atoms with Gasteiger partial charge in [-0.15, -0.1) is 0 Å². The number of nitro groups is 1. The SMILES string of the molecule is CCC(C)CC(C)NC(=O)c1cc(F)ccc1[N+](=O)[O-]. The molecule has 6 heteroatoms. The number of nitrogens with one attached hydrogen (secondary N) is 1. The standard InChI is InChI=1S/C14H19FN2O3/c1-4-9(2)7-10(3)16-14(18)12-8-11(15)5-6-13(12)17(19)20/h5-6,8-10H,4,7H2,1-3H3,(H,16,18). The van der Waals surface area contributed by atoms with Gasteiger partial charge in [0.1, 0.15) is 11.4 Å². The predicted molar refractivity (Wildman–Crippen MR) is 74.1 cm³/mol. The van der Waals surface area contributed by atoms with Crippen LogP contribution in [0.2, 0.25) is 0 Å². The number of rotatable bonds is 6. The van der Waals surface area contributed by atoms with E-state index in [9.17, 15) is 19.3 Å². The first-order chi connectivity index (χ1) is 9.35. The van der Waals surface area contributed by atoms with Gasteiger partial charge in [-0.25, -0.2) is 4.39 Å². The molecule has 0 radical (unpaired) electrons. The van der Waals surface area contributed by atoms with Gasteiger partial charge in [-0.1, -0.05) is 20.3 Å². The van der Waals surface area contributed by atoms with Gasteiger partial charge in [0.05, 0.1) is 4.92 Å². The topological polar surface area (TPSA) is 72.2 Å². The van der Waals surface area contributed by atoms with E-state index in [0.717, 1.165) is 31.0 Å². The number of nitro benzene ring substituents is 1. The van der Waals surface area contributed by atoms with Crippen LogP contribution in [0, 0.1) is 21.8 Å². The summed E-state index contributed by atoms with van der Waals surface area (Å²) in [4.78, 5) is 22.2. The third-order valence-electron chi connectivity index (χ3n) is 3.23. The van der Waals surface area contributed by atoms with Gasteiger partial charge in [0, 0.05) is 12.1 Å². The summed E-state index contributed by atoms with van der Waals surface area (Å²) in [6, 6.07) is 2.74. The zero-order chi connectivity index (χ0) is 15.3. The quantitative estimate of drug-likeness (QED) is 0.642. The molecule has 0 aliphatic rings. The molecule has 0 spiro atoms. The van der Waals surface area contributed by atoms with Crippen LogP contribution in [0.3, 0.4) is 0 Å². The highest BCUT2D eigenvalue weighted by molar-refractivity contribution is 5.98. The Balaban J connectivity index is 2.86. The highest BCUT2D eigenvalue weighted by Crippen LogP contribution is 2.20. The fraction of sp³-hybridized carbons (Fsp3) is 0.500. The molecule has 1 N–H and O–H groups in total. The van der Waals surface area contributed by atoms with Crippen molar-refractivity contribution in [1.29, 1.82) is 0 Å². The molecule has 2 atom stereocenters. The number of benzene rings is 1. The Morgan fingerprint density at radius 2 is 2.10 bits per heavy atom. The first-order valence-corrected chi connectivity index (χ1v) is 6.60. The second-order valence-corrected chi connectivity index (χ2v) is 5.04. The van der Waals surface area contributed by atoms with Gasteiger partial charge in [-0.2, -0.15) is 0 Å². The van der Waals surface area contributed by atoms with Crippen LogP contribution in [0.25, 0.3) is 0 Å². The molecule has 1 aromatic carbocycles. The van der Waals surface area contributed by atoms with E-state index in [1.165, 1.54) is 0 Å². The van der Waals surface area contributed by atoms with Crippen molar-refractivity contribution in [2.24, 2.45) is 5.92 Å². The van der Waals surface area contributed by atoms with Crippen LogP contribution in [0.4, 0.5) is 10.1 Å². The lowest BCUT2D eigenvalue weighted by molar-refractivity contribution is -0.385. The molecule has 0 aliphatic heterocycles. The van der Waals surface area contributed by atoms with Crippen molar-refractivity contribution < 1.29 is 14.1 Å². The maximum Gasteiger partial charge on any atom is 0.282 e. The predicted octanol–water partition coefficient (Wildman–Crippen LogP) is 3.29. The van der Waals surface area contributed by atoms with Crippen LogP contribution < -0.4 is 5.32 Å². The molecule has 0 bridgehead atoms. The normalized spacial score (nSPS) is 13.6. The first-order valence-electron chi connectivity index (χ1n) is 6.60. The fourth-order valence-corrected chi connectivity index (χ4v) is 1.98. The summed E-state index contributed by atoms with van der Waals surface area (Å²) in [6.07, 6.45) is 1.76. The summed E-state index contributed by atoms with van der Waals surface area (Å²) < 4.78 is 13.2. The van der Waals surface area contributed by atoms with Crippen LogP contribution in [-0.2, 0) is 0 Å². The summed E-state index contributed by atoms with van der Waals surface area (Å²) in [5, 5.41) is 13.5. The molecule has 1 aromatic rings. The molecule has 0 aromatic heterocycles. The second-order valence-electron chi connectivity index (χ2n) is 5.04. The van der Waals surface area contributed by atoms with E-state index in [4.69, 9.17) is 0 Å². The zero-order valence-electron chi connectivity index (χ0n) is 11.9. The Morgan fingerprint density at radius 1 is 1.45 bits per heavy atom. The van der Waals surface area contributed by atoms with Crippen molar-refractivity contribution in [2.45, 2.75) is 39.7 Å². The van der Waals surface area contributed by atoms with E-state index in [2.05, 4.69) is 19.2 Å². The number of halogens is 1. The van der Waals surface area contributed by atoms with Gasteiger partial charge in [0.15, 0.2) is 0 Å². The maximum absolute atomic E-state index is 13.2. The Labute approximate surface area is 117 Å². The lowest BCUT2D eigenvalue weighted by Gasteiger charge is -2.17. The molecule has 110 valence electrons. The van der Waals surface area contributed by atoms with Crippen LogP contribution in [0.1, 0.15) is 44.0 Å². The van der Waals surface area contributed by atoms with E-state index >= 15 is 0 Å². The monoisotopic (exact) mass is 282 g/mol. The van der Waals surface area contributed by atoms with Gasteiger partial charge in [-0.05, 0) is 31.4 Å². The lowest BCUT2D eigenvalue weighted by atomic mass is 10.00. The van der Waals surface area contributed by atoms with E-state index in [0.29, 0.717) is 5.92 Å². The molecule has 0 aliphatic carbocycles. The summed E-state index contributed by atoms with van der Waals surface area (Å²) in [7, 11) is 0. The molecule has 0 saturated carbocycles. The van der Waals surface area contributed by atoms with Gasteiger partial charge in [-0.3, -0.25) is 14.9 Å². The third-order valence-corrected chi connectivity index (χ3v) is 3.23. The molecule has 0 fully saturated rings. The average molecular weight is 282 g/mol. The van der Waals surface area contributed by atoms with E-state index in [1.807, 2.05) is 6.92 Å². The molecule has 0 heterocycles.